The summed E-state index contributed by atoms with van der Waals surface area (Å²) in [5, 5.41) is 19.1. The molecule has 1 aliphatic carbocycles. The van der Waals surface area contributed by atoms with E-state index in [2.05, 4.69) is 11.1 Å². The number of fused-ring (bicyclic) bond motifs is 1. The number of hydrogen-bond donors (Lipinski definition) is 1. The lowest BCUT2D eigenvalue weighted by Crippen LogP contribution is -2.33. The second-order valence-electron chi connectivity index (χ2n) is 5.27. The number of aryl methyl sites for hydroxylation is 2. The fourth-order valence-corrected chi connectivity index (χ4v) is 2.64. The molecule has 1 heterocycles. The minimum Gasteiger partial charge on any atom is -0.389 e. The molecule has 20 heavy (non-hydrogen) atoms. The highest BCUT2D eigenvalue weighted by Crippen LogP contribution is 2.26. The smallest absolute Gasteiger partial charge is 0.146 e. The van der Waals surface area contributed by atoms with Crippen LogP contribution in [0.15, 0.2) is 6.07 Å². The monoisotopic (exact) mass is 275 g/mol. The number of anilines is 1. The molecule has 1 unspecified atom stereocenters. The van der Waals surface area contributed by atoms with E-state index in [0.29, 0.717) is 17.9 Å². The summed E-state index contributed by atoms with van der Waals surface area (Å²) in [7, 11) is 3.40. The van der Waals surface area contributed by atoms with Crippen molar-refractivity contribution in [3.8, 4) is 6.07 Å². The Balaban J connectivity index is 2.23. The van der Waals surface area contributed by atoms with Gasteiger partial charge in [-0.15, -0.1) is 0 Å². The molecule has 1 atom stereocenters. The minimum absolute atomic E-state index is 0.275. The molecule has 1 aromatic heterocycles. The van der Waals surface area contributed by atoms with Gasteiger partial charge in [0.25, 0.3) is 0 Å². The Kier molecular flexibility index (Phi) is 4.94. The molecule has 5 nitrogen and oxygen atoms in total. The van der Waals surface area contributed by atoms with Gasteiger partial charge < -0.3 is 14.7 Å². The van der Waals surface area contributed by atoms with Gasteiger partial charge in [0.2, 0.25) is 0 Å². The molecule has 1 N–H and O–H groups in total. The lowest BCUT2D eigenvalue weighted by Gasteiger charge is -2.24. The van der Waals surface area contributed by atoms with E-state index in [-0.39, 0.29) is 6.61 Å². The Morgan fingerprint density at radius 2 is 2.25 bits per heavy atom. The molecular formula is C15H21N3O2. The first-order valence-corrected chi connectivity index (χ1v) is 6.96. The molecule has 0 saturated heterocycles. The quantitative estimate of drug-likeness (QED) is 0.876. The van der Waals surface area contributed by atoms with Crippen LogP contribution in [-0.4, -0.2) is 43.5 Å². The Bertz CT molecular complexity index is 511. The summed E-state index contributed by atoms with van der Waals surface area (Å²) >= 11 is 0. The van der Waals surface area contributed by atoms with Crippen molar-refractivity contribution in [2.24, 2.45) is 0 Å². The zero-order valence-electron chi connectivity index (χ0n) is 12.1. The topological polar surface area (TPSA) is 69.4 Å². The van der Waals surface area contributed by atoms with E-state index in [1.165, 1.54) is 12.0 Å². The van der Waals surface area contributed by atoms with Crippen molar-refractivity contribution in [1.82, 2.24) is 4.98 Å². The second-order valence-corrected chi connectivity index (χ2v) is 5.27. The van der Waals surface area contributed by atoms with Crippen molar-refractivity contribution in [2.75, 3.05) is 32.2 Å². The van der Waals surface area contributed by atoms with Gasteiger partial charge in [0.05, 0.1) is 18.3 Å². The molecular weight excluding hydrogens is 254 g/mol. The van der Waals surface area contributed by atoms with E-state index in [1.807, 2.05) is 18.0 Å². The number of ether oxygens (including phenoxy) is 1. The van der Waals surface area contributed by atoms with Crippen molar-refractivity contribution in [3.63, 3.8) is 0 Å². The van der Waals surface area contributed by atoms with Gasteiger partial charge in [-0.1, -0.05) is 0 Å². The SMILES string of the molecule is COCC(O)CN(C)c1nc2c(cc1C#N)CCCC2. The molecule has 2 rings (SSSR count). The van der Waals surface area contributed by atoms with Crippen molar-refractivity contribution < 1.29 is 9.84 Å². The van der Waals surface area contributed by atoms with Crippen LogP contribution in [0, 0.1) is 11.3 Å². The predicted octanol–water partition coefficient (Wildman–Crippen LogP) is 1.28. The molecule has 0 fully saturated rings. The average molecular weight is 275 g/mol. The number of rotatable bonds is 5. The van der Waals surface area contributed by atoms with Gasteiger partial charge in [0.15, 0.2) is 0 Å². The minimum atomic E-state index is -0.589. The van der Waals surface area contributed by atoms with E-state index in [9.17, 15) is 10.4 Å². The number of hydrogen-bond acceptors (Lipinski definition) is 5. The largest absolute Gasteiger partial charge is 0.389 e. The first-order valence-electron chi connectivity index (χ1n) is 6.96. The van der Waals surface area contributed by atoms with Crippen LogP contribution in [0.25, 0.3) is 0 Å². The highest BCUT2D eigenvalue weighted by molar-refractivity contribution is 5.56. The Morgan fingerprint density at radius 3 is 2.95 bits per heavy atom. The highest BCUT2D eigenvalue weighted by atomic mass is 16.5. The molecule has 0 radical (unpaired) electrons. The lowest BCUT2D eigenvalue weighted by molar-refractivity contribution is 0.0694. The second kappa shape index (κ2) is 6.69. The standard InChI is InChI=1S/C15H21N3O2/c1-18(9-13(19)10-20-2)15-12(8-16)7-11-5-3-4-6-14(11)17-15/h7,13,19H,3-6,9-10H2,1-2H3. The number of aliphatic hydroxyl groups excluding tert-OH is 1. The molecule has 108 valence electrons. The molecule has 1 aliphatic rings. The van der Waals surface area contributed by atoms with Crippen LogP contribution in [-0.2, 0) is 17.6 Å². The first kappa shape index (κ1) is 14.8. The Labute approximate surface area is 119 Å². The maximum atomic E-state index is 9.81. The average Bonchev–Trinajstić information content (AvgIpc) is 2.45. The number of nitrogens with zero attached hydrogens (tertiary/aromatic N) is 3. The fourth-order valence-electron chi connectivity index (χ4n) is 2.64. The summed E-state index contributed by atoms with van der Waals surface area (Å²) in [5.41, 5.74) is 2.87. The number of aliphatic hydroxyl groups is 1. The number of aromatic nitrogens is 1. The third-order valence-electron chi connectivity index (χ3n) is 3.61. The van der Waals surface area contributed by atoms with Gasteiger partial charge in [-0.3, -0.25) is 0 Å². The molecule has 0 amide bonds. The summed E-state index contributed by atoms with van der Waals surface area (Å²) in [6, 6.07) is 4.17. The van der Waals surface area contributed by atoms with Gasteiger partial charge in [0.1, 0.15) is 11.9 Å². The van der Waals surface area contributed by atoms with E-state index >= 15 is 0 Å². The zero-order valence-corrected chi connectivity index (χ0v) is 12.1. The van der Waals surface area contributed by atoms with E-state index < -0.39 is 6.10 Å². The summed E-state index contributed by atoms with van der Waals surface area (Å²) < 4.78 is 4.93. The number of pyridine rings is 1. The molecule has 0 aromatic carbocycles. The summed E-state index contributed by atoms with van der Waals surface area (Å²) in [5.74, 6) is 0.656. The lowest BCUT2D eigenvalue weighted by atomic mass is 9.95. The van der Waals surface area contributed by atoms with E-state index in [4.69, 9.17) is 4.74 Å². The van der Waals surface area contributed by atoms with Gasteiger partial charge in [-0.05, 0) is 37.3 Å². The van der Waals surface area contributed by atoms with E-state index in [1.54, 1.807) is 7.11 Å². The van der Waals surface area contributed by atoms with Crippen LogP contribution in [0.5, 0.6) is 0 Å². The van der Waals surface area contributed by atoms with Crippen LogP contribution in [0.2, 0.25) is 0 Å². The maximum absolute atomic E-state index is 9.81. The third kappa shape index (κ3) is 3.27. The number of nitriles is 1. The van der Waals surface area contributed by atoms with E-state index in [0.717, 1.165) is 25.0 Å². The molecule has 0 bridgehead atoms. The first-order chi connectivity index (χ1) is 9.65. The molecule has 0 saturated carbocycles. The molecule has 1 aromatic rings. The van der Waals surface area contributed by atoms with Crippen LogP contribution in [0.3, 0.4) is 0 Å². The van der Waals surface area contributed by atoms with Crippen molar-refractivity contribution >= 4 is 5.82 Å². The van der Waals surface area contributed by atoms with Gasteiger partial charge in [-0.2, -0.15) is 5.26 Å². The number of methoxy groups -OCH3 is 1. The zero-order chi connectivity index (χ0) is 14.5. The van der Waals surface area contributed by atoms with Crippen molar-refractivity contribution in [1.29, 1.82) is 5.26 Å². The van der Waals surface area contributed by atoms with Gasteiger partial charge in [-0.25, -0.2) is 4.98 Å². The Morgan fingerprint density at radius 1 is 1.50 bits per heavy atom. The van der Waals surface area contributed by atoms with Crippen LogP contribution in [0.1, 0.15) is 29.7 Å². The summed E-state index contributed by atoms with van der Waals surface area (Å²) in [6.07, 6.45) is 3.72. The fraction of sp³-hybridized carbons (Fsp3) is 0.600. The molecule has 5 heteroatoms. The van der Waals surface area contributed by atoms with Crippen molar-refractivity contribution in [2.45, 2.75) is 31.8 Å². The third-order valence-corrected chi connectivity index (χ3v) is 3.61. The van der Waals surface area contributed by atoms with Crippen LogP contribution >= 0.6 is 0 Å². The van der Waals surface area contributed by atoms with Crippen molar-refractivity contribution in [3.05, 3.63) is 22.9 Å². The normalized spacial score (nSPS) is 15.3. The Hall–Kier alpha value is -1.64. The number of likely N-dealkylation sites (N-methyl/N-ethyl adjacent to an activating group) is 1. The predicted molar refractivity (Wildman–Crippen MR) is 76.7 cm³/mol. The highest BCUT2D eigenvalue weighted by Gasteiger charge is 2.18. The molecule has 0 spiro atoms. The maximum Gasteiger partial charge on any atom is 0.146 e. The van der Waals surface area contributed by atoms with Crippen LogP contribution < -0.4 is 4.90 Å². The summed E-state index contributed by atoms with van der Waals surface area (Å²) in [4.78, 5) is 6.48. The van der Waals surface area contributed by atoms with Gasteiger partial charge in [0, 0.05) is 26.4 Å². The van der Waals surface area contributed by atoms with Gasteiger partial charge >= 0.3 is 0 Å². The van der Waals surface area contributed by atoms with Crippen LogP contribution in [0.4, 0.5) is 5.82 Å². The summed E-state index contributed by atoms with van der Waals surface area (Å²) in [6.45, 7) is 0.672. The molecule has 0 aliphatic heterocycles.